The first-order valence-electron chi connectivity index (χ1n) is 23.3. The number of piperidine rings is 1. The van der Waals surface area contributed by atoms with Crippen LogP contribution < -0.4 is 0 Å². The predicted octanol–water partition coefficient (Wildman–Crippen LogP) is 9.12. The summed E-state index contributed by atoms with van der Waals surface area (Å²) in [4.78, 5) is 47.2. The Kier molecular flexibility index (Phi) is 13.0. The number of amides is 1. The van der Waals surface area contributed by atoms with Crippen LogP contribution in [0.25, 0.3) is 59.9 Å². The fraction of sp³-hybridized carbons (Fsp3) is 0.385. The predicted molar refractivity (Wildman–Crippen MR) is 255 cm³/mol. The average molecular weight is 941 g/mol. The number of rotatable bonds is 9. The summed E-state index contributed by atoms with van der Waals surface area (Å²) in [5.41, 5.74) is 5.96. The molecule has 68 heavy (non-hydrogen) atoms. The summed E-state index contributed by atoms with van der Waals surface area (Å²) >= 11 is 1.56. The average Bonchev–Trinajstić information content (AvgIpc) is 4.01. The number of halogens is 3. The smallest absolute Gasteiger partial charge is 0.417 e. The maximum atomic E-state index is 13.7. The van der Waals surface area contributed by atoms with Crippen molar-refractivity contribution in [1.29, 1.82) is 0 Å². The summed E-state index contributed by atoms with van der Waals surface area (Å²) < 4.78 is 53.3. The molecule has 0 saturated carbocycles. The number of esters is 1. The number of hydrogen-bond acceptors (Lipinski definition) is 11. The van der Waals surface area contributed by atoms with Crippen LogP contribution in [0.5, 0.6) is 0 Å². The number of carbonyl (C=O) groups excluding carboxylic acids is 2. The third kappa shape index (κ3) is 9.58. The molecule has 1 amide bonds. The molecule has 8 heterocycles. The lowest BCUT2D eigenvalue weighted by Crippen LogP contribution is -2.47. The molecular formula is C52H51F3N8O4S. The van der Waals surface area contributed by atoms with E-state index in [1.165, 1.54) is 10.6 Å². The van der Waals surface area contributed by atoms with E-state index in [0.717, 1.165) is 129 Å². The zero-order chi connectivity index (χ0) is 46.9. The van der Waals surface area contributed by atoms with Crippen molar-refractivity contribution in [3.63, 3.8) is 0 Å². The first-order valence-corrected chi connectivity index (χ1v) is 24.1. The molecule has 0 atom stereocenters. The topological polar surface area (TPSA) is 118 Å². The highest BCUT2D eigenvalue weighted by atomic mass is 32.1. The van der Waals surface area contributed by atoms with Crippen molar-refractivity contribution in [2.45, 2.75) is 58.8 Å². The summed E-state index contributed by atoms with van der Waals surface area (Å²) in [7, 11) is 0. The third-order valence-electron chi connectivity index (χ3n) is 13.5. The number of benzene rings is 2. The van der Waals surface area contributed by atoms with Gasteiger partial charge in [0.15, 0.2) is 5.01 Å². The number of piperazine rings is 1. The monoisotopic (exact) mass is 940 g/mol. The molecule has 10 rings (SSSR count). The highest BCUT2D eigenvalue weighted by molar-refractivity contribution is 7.15. The molecule has 0 spiro atoms. The fourth-order valence-electron chi connectivity index (χ4n) is 9.73. The summed E-state index contributed by atoms with van der Waals surface area (Å²) in [5, 5.41) is 8.92. The number of aromatic nitrogens is 5. The summed E-state index contributed by atoms with van der Waals surface area (Å²) in [6, 6.07) is 13.1. The molecule has 3 aliphatic heterocycles. The van der Waals surface area contributed by atoms with Crippen molar-refractivity contribution in [2.24, 2.45) is 11.8 Å². The maximum absolute atomic E-state index is 13.7. The Balaban J connectivity index is 1.09. The van der Waals surface area contributed by atoms with Crippen molar-refractivity contribution >= 4 is 50.3 Å². The molecule has 2 aromatic carbocycles. The van der Waals surface area contributed by atoms with E-state index in [1.54, 1.807) is 24.5 Å². The molecule has 3 aliphatic rings. The van der Waals surface area contributed by atoms with Crippen molar-refractivity contribution in [3.05, 3.63) is 101 Å². The van der Waals surface area contributed by atoms with Crippen molar-refractivity contribution in [3.8, 4) is 44.7 Å². The van der Waals surface area contributed by atoms with Gasteiger partial charge < -0.3 is 14.4 Å². The minimum absolute atomic E-state index is 0.0599. The fourth-order valence-corrected chi connectivity index (χ4v) is 10.5. The minimum Gasteiger partial charge on any atom is -0.466 e. The lowest BCUT2D eigenvalue weighted by molar-refractivity contribution is -0.149. The highest BCUT2D eigenvalue weighted by Crippen LogP contribution is 2.41. The molecule has 0 radical (unpaired) electrons. The minimum atomic E-state index is -4.50. The van der Waals surface area contributed by atoms with Crippen LogP contribution in [-0.4, -0.2) is 110 Å². The molecule has 16 heteroatoms. The van der Waals surface area contributed by atoms with E-state index in [4.69, 9.17) is 24.4 Å². The zero-order valence-electron chi connectivity index (χ0n) is 38.0. The largest absolute Gasteiger partial charge is 0.466 e. The quantitative estimate of drug-likeness (QED) is 0.103. The number of thiazole rings is 1. The van der Waals surface area contributed by atoms with Crippen LogP contribution in [-0.2, 0) is 38.3 Å². The van der Waals surface area contributed by atoms with Crippen molar-refractivity contribution < 1.29 is 32.2 Å². The molecule has 350 valence electrons. The Morgan fingerprint density at radius 2 is 1.53 bits per heavy atom. The van der Waals surface area contributed by atoms with Gasteiger partial charge in [-0.05, 0) is 115 Å². The molecule has 0 aliphatic carbocycles. The Morgan fingerprint density at radius 3 is 2.28 bits per heavy atom. The number of nitrogens with zero attached hydrogens (tertiary/aromatic N) is 8. The van der Waals surface area contributed by atoms with Gasteiger partial charge in [-0.25, -0.2) is 9.50 Å². The van der Waals surface area contributed by atoms with Crippen LogP contribution in [0.2, 0.25) is 0 Å². The molecule has 12 nitrogen and oxygen atoms in total. The maximum Gasteiger partial charge on any atom is 0.417 e. The van der Waals surface area contributed by atoms with Crippen molar-refractivity contribution in [2.75, 3.05) is 59.1 Å². The van der Waals surface area contributed by atoms with Gasteiger partial charge in [0.25, 0.3) is 0 Å². The lowest BCUT2D eigenvalue weighted by Gasteiger charge is -2.34. The van der Waals surface area contributed by atoms with Crippen LogP contribution >= 0.6 is 11.3 Å². The Bertz CT molecular complexity index is 3080. The molecule has 0 N–H and O–H groups in total. The highest BCUT2D eigenvalue weighted by Gasteiger charge is 2.32. The van der Waals surface area contributed by atoms with Crippen LogP contribution in [0.4, 0.5) is 13.2 Å². The van der Waals surface area contributed by atoms with E-state index in [2.05, 4.69) is 51.0 Å². The summed E-state index contributed by atoms with van der Waals surface area (Å²) in [6.07, 6.45) is 9.08. The van der Waals surface area contributed by atoms with E-state index in [1.807, 2.05) is 42.7 Å². The van der Waals surface area contributed by atoms with Gasteiger partial charge in [0.1, 0.15) is 0 Å². The number of hydrogen-bond donors (Lipinski definition) is 0. The van der Waals surface area contributed by atoms with Gasteiger partial charge in [-0.1, -0.05) is 18.1 Å². The normalized spacial score (nSPS) is 16.9. The first kappa shape index (κ1) is 45.5. The number of pyridine rings is 3. The molecule has 7 aromatic rings. The molecule has 3 fully saturated rings. The lowest BCUT2D eigenvalue weighted by atomic mass is 9.92. The molecular weight excluding hydrogens is 890 g/mol. The van der Waals surface area contributed by atoms with E-state index < -0.39 is 11.7 Å². The zero-order valence-corrected chi connectivity index (χ0v) is 38.8. The van der Waals surface area contributed by atoms with Gasteiger partial charge in [0.2, 0.25) is 5.91 Å². The summed E-state index contributed by atoms with van der Waals surface area (Å²) in [5.74, 6) is 6.89. The third-order valence-corrected chi connectivity index (χ3v) is 14.5. The van der Waals surface area contributed by atoms with Crippen LogP contribution in [0.15, 0.2) is 79.6 Å². The van der Waals surface area contributed by atoms with Gasteiger partial charge in [0.05, 0.1) is 40.4 Å². The molecule has 3 saturated heterocycles. The van der Waals surface area contributed by atoms with Gasteiger partial charge in [0, 0.05) is 118 Å². The standard InChI is InChI=1S/C52H51F3N8O4S/c1-3-67-51(65)35-10-14-60(15-11-35)30-38-25-56-27-46-43(38)23-37(48-29-57-49(68-48)9-4-34-12-20-66-21-13-34)24-44(46)50-41-7-5-36(45-28-59-63-32-40(52(53,54)55)6-8-47(45)63)22-42(41)39(26-58-50)31-61-16-18-62(19-17-61)33(2)64/h5-8,22-29,32,34-35H,3,10-21,30-31H2,1-2H3. The molecule has 5 aromatic heterocycles. The Morgan fingerprint density at radius 1 is 0.794 bits per heavy atom. The second kappa shape index (κ2) is 19.4. The van der Waals surface area contributed by atoms with Gasteiger partial charge >= 0.3 is 12.1 Å². The van der Waals surface area contributed by atoms with E-state index >= 15 is 0 Å². The molecule has 0 unspecified atom stereocenters. The number of likely N-dealkylation sites (tertiary alicyclic amines) is 1. The van der Waals surface area contributed by atoms with E-state index in [0.29, 0.717) is 57.0 Å². The van der Waals surface area contributed by atoms with Gasteiger partial charge in [-0.3, -0.25) is 29.4 Å². The second-order valence-corrected chi connectivity index (χ2v) is 18.9. The number of carbonyl (C=O) groups is 2. The number of alkyl halides is 3. The Hall–Kier alpha value is -6.25. The van der Waals surface area contributed by atoms with Gasteiger partial charge in [-0.2, -0.15) is 18.3 Å². The number of fused-ring (bicyclic) bond motifs is 3. The van der Waals surface area contributed by atoms with Crippen LogP contribution in [0, 0.1) is 23.7 Å². The molecule has 0 bridgehead atoms. The SMILES string of the molecule is CCOC(=O)C1CCN(Cc2cncc3c(-c4ncc(CN5CCN(C(C)=O)CC5)c5cc(-c6cnn7cc(C(F)(F)F)ccc67)ccc45)cc(-c4cnc(C#CC5CCOCC5)s4)cc23)CC1. The van der Waals surface area contributed by atoms with Gasteiger partial charge in [-0.15, -0.1) is 11.3 Å². The van der Waals surface area contributed by atoms with Crippen molar-refractivity contribution in [1.82, 2.24) is 39.3 Å². The first-order chi connectivity index (χ1) is 33.0. The van der Waals surface area contributed by atoms with E-state index in [-0.39, 0.29) is 23.7 Å². The second-order valence-electron chi connectivity index (χ2n) is 17.9. The Labute approximate surface area is 396 Å². The van der Waals surface area contributed by atoms with Crippen LogP contribution in [0.1, 0.15) is 61.2 Å². The van der Waals surface area contributed by atoms with E-state index in [9.17, 15) is 22.8 Å². The van der Waals surface area contributed by atoms with Crippen LogP contribution in [0.3, 0.4) is 0 Å². The number of ether oxygens (including phenoxy) is 2. The summed E-state index contributed by atoms with van der Waals surface area (Å²) in [6.45, 7) is 10.7.